The first-order chi connectivity index (χ1) is 9.94. The van der Waals surface area contributed by atoms with E-state index in [1.54, 1.807) is 0 Å². The van der Waals surface area contributed by atoms with E-state index >= 15 is 0 Å². The summed E-state index contributed by atoms with van der Waals surface area (Å²) in [6, 6.07) is -0.164. The van der Waals surface area contributed by atoms with Gasteiger partial charge in [0.1, 0.15) is 0 Å². The third-order valence-electron chi connectivity index (χ3n) is 5.29. The summed E-state index contributed by atoms with van der Waals surface area (Å²) in [5.41, 5.74) is 0. The van der Waals surface area contributed by atoms with Crippen molar-refractivity contribution in [3.8, 4) is 0 Å². The molecular formula is C15H25F2N3O. The normalized spacial score (nSPS) is 31.2. The fourth-order valence-electron chi connectivity index (χ4n) is 3.97. The van der Waals surface area contributed by atoms with Crippen molar-refractivity contribution in [2.45, 2.75) is 56.5 Å². The lowest BCUT2D eigenvalue weighted by Gasteiger charge is -2.39. The van der Waals surface area contributed by atoms with Crippen LogP contribution in [0.25, 0.3) is 0 Å². The van der Waals surface area contributed by atoms with E-state index in [1.165, 1.54) is 0 Å². The maximum Gasteiger partial charge on any atom is 0.317 e. The molecule has 0 spiro atoms. The first kappa shape index (κ1) is 15.0. The van der Waals surface area contributed by atoms with Crippen molar-refractivity contribution in [2.24, 2.45) is 5.92 Å². The minimum atomic E-state index is -2.57. The molecule has 3 fully saturated rings. The van der Waals surface area contributed by atoms with Gasteiger partial charge in [-0.2, -0.15) is 0 Å². The molecule has 2 amide bonds. The molecule has 0 bridgehead atoms. The molecule has 1 aliphatic carbocycles. The van der Waals surface area contributed by atoms with Crippen LogP contribution in [0, 0.1) is 5.92 Å². The van der Waals surface area contributed by atoms with E-state index in [1.807, 2.05) is 4.90 Å². The minimum Gasteiger partial charge on any atom is -0.335 e. The molecule has 4 nitrogen and oxygen atoms in total. The Kier molecular flexibility index (Phi) is 4.08. The maximum absolute atomic E-state index is 12.9. The molecule has 0 aromatic rings. The second kappa shape index (κ2) is 5.71. The number of hydrogen-bond acceptors (Lipinski definition) is 2. The summed E-state index contributed by atoms with van der Waals surface area (Å²) in [5, 5.41) is 2.79. The Balaban J connectivity index is 1.53. The molecule has 0 unspecified atom stereocenters. The minimum absolute atomic E-state index is 0.128. The number of amides is 2. The first-order valence-corrected chi connectivity index (χ1v) is 8.08. The third-order valence-corrected chi connectivity index (χ3v) is 5.29. The summed E-state index contributed by atoms with van der Waals surface area (Å²) in [5.74, 6) is -2.01. The smallest absolute Gasteiger partial charge is 0.317 e. The number of alkyl halides is 2. The van der Waals surface area contributed by atoms with Crippen LogP contribution in [0.4, 0.5) is 13.6 Å². The Morgan fingerprint density at radius 3 is 2.43 bits per heavy atom. The standard InChI is InChI=1S/C15H25F2N3O/c1-19-7-4-11(5-8-19)13-3-2-6-20(13)14(21)18-12-9-15(16,17)10-12/h11-13H,2-10H2,1H3,(H,18,21)/t13-/m0/s1. The van der Waals surface area contributed by atoms with Crippen molar-refractivity contribution in [3.05, 3.63) is 0 Å². The van der Waals surface area contributed by atoms with Gasteiger partial charge < -0.3 is 15.1 Å². The molecule has 2 heterocycles. The molecule has 3 aliphatic rings. The summed E-state index contributed by atoms with van der Waals surface area (Å²) < 4.78 is 25.7. The highest BCUT2D eigenvalue weighted by molar-refractivity contribution is 5.75. The fraction of sp³-hybridized carbons (Fsp3) is 0.933. The molecule has 1 atom stereocenters. The summed E-state index contributed by atoms with van der Waals surface area (Å²) >= 11 is 0. The lowest BCUT2D eigenvalue weighted by molar-refractivity contribution is -0.0904. The Labute approximate surface area is 124 Å². The molecule has 0 aromatic heterocycles. The molecule has 2 saturated heterocycles. The predicted molar refractivity (Wildman–Crippen MR) is 76.4 cm³/mol. The highest BCUT2D eigenvalue weighted by atomic mass is 19.3. The number of nitrogens with one attached hydrogen (secondary N) is 1. The number of urea groups is 1. The van der Waals surface area contributed by atoms with Gasteiger partial charge in [0.15, 0.2) is 0 Å². The Bertz CT molecular complexity index is 388. The van der Waals surface area contributed by atoms with Crippen molar-refractivity contribution < 1.29 is 13.6 Å². The zero-order valence-electron chi connectivity index (χ0n) is 12.7. The van der Waals surface area contributed by atoms with Crippen LogP contribution in [0.15, 0.2) is 0 Å². The van der Waals surface area contributed by atoms with Crippen LogP contribution < -0.4 is 5.32 Å². The lowest BCUT2D eigenvalue weighted by atomic mass is 9.87. The van der Waals surface area contributed by atoms with E-state index in [0.29, 0.717) is 12.0 Å². The van der Waals surface area contributed by atoms with Crippen LogP contribution in [0.3, 0.4) is 0 Å². The van der Waals surface area contributed by atoms with Crippen LogP contribution in [0.2, 0.25) is 0 Å². The number of halogens is 2. The van der Waals surface area contributed by atoms with Crippen LogP contribution in [0.1, 0.15) is 38.5 Å². The summed E-state index contributed by atoms with van der Waals surface area (Å²) in [4.78, 5) is 16.6. The number of piperidine rings is 1. The zero-order valence-corrected chi connectivity index (χ0v) is 12.7. The number of carbonyl (C=O) groups excluding carboxylic acids is 1. The van der Waals surface area contributed by atoms with Crippen LogP contribution in [0.5, 0.6) is 0 Å². The number of nitrogens with zero attached hydrogens (tertiary/aromatic N) is 2. The largest absolute Gasteiger partial charge is 0.335 e. The Morgan fingerprint density at radius 2 is 1.81 bits per heavy atom. The number of rotatable bonds is 2. The predicted octanol–water partition coefficient (Wildman–Crippen LogP) is 2.30. The van der Waals surface area contributed by atoms with Crippen molar-refractivity contribution >= 4 is 6.03 Å². The van der Waals surface area contributed by atoms with Crippen LogP contribution >= 0.6 is 0 Å². The van der Waals surface area contributed by atoms with E-state index in [4.69, 9.17) is 0 Å². The van der Waals surface area contributed by atoms with E-state index in [9.17, 15) is 13.6 Å². The summed E-state index contributed by atoms with van der Waals surface area (Å²) in [6.07, 6.45) is 3.95. The Hall–Kier alpha value is -0.910. The van der Waals surface area contributed by atoms with Crippen molar-refractivity contribution in [1.29, 1.82) is 0 Å². The topological polar surface area (TPSA) is 35.6 Å². The molecule has 120 valence electrons. The third kappa shape index (κ3) is 3.30. The second-order valence-corrected chi connectivity index (χ2v) is 6.95. The zero-order chi connectivity index (χ0) is 15.0. The molecule has 6 heteroatoms. The van der Waals surface area contributed by atoms with Crippen LogP contribution in [-0.4, -0.2) is 60.5 Å². The number of likely N-dealkylation sites (tertiary alicyclic amines) is 2. The van der Waals surface area contributed by atoms with Crippen molar-refractivity contribution in [2.75, 3.05) is 26.7 Å². The van der Waals surface area contributed by atoms with Gasteiger partial charge in [0.25, 0.3) is 5.92 Å². The molecule has 1 saturated carbocycles. The van der Waals surface area contributed by atoms with Crippen molar-refractivity contribution in [3.63, 3.8) is 0 Å². The van der Waals surface area contributed by atoms with E-state index in [-0.39, 0.29) is 24.9 Å². The quantitative estimate of drug-likeness (QED) is 0.849. The van der Waals surface area contributed by atoms with Crippen LogP contribution in [-0.2, 0) is 0 Å². The SMILES string of the molecule is CN1CCC([C@@H]2CCCN2C(=O)NC2CC(F)(F)C2)CC1. The lowest BCUT2D eigenvalue weighted by Crippen LogP contribution is -2.55. The van der Waals surface area contributed by atoms with E-state index in [2.05, 4.69) is 17.3 Å². The fourth-order valence-corrected chi connectivity index (χ4v) is 3.97. The second-order valence-electron chi connectivity index (χ2n) is 6.95. The molecule has 3 rings (SSSR count). The van der Waals surface area contributed by atoms with Gasteiger partial charge in [-0.1, -0.05) is 0 Å². The van der Waals surface area contributed by atoms with Gasteiger partial charge in [-0.15, -0.1) is 0 Å². The molecular weight excluding hydrogens is 276 g/mol. The van der Waals surface area contributed by atoms with Gasteiger partial charge in [-0.3, -0.25) is 0 Å². The average Bonchev–Trinajstić information content (AvgIpc) is 2.86. The monoisotopic (exact) mass is 301 g/mol. The van der Waals surface area contributed by atoms with Crippen molar-refractivity contribution in [1.82, 2.24) is 15.1 Å². The molecule has 0 aromatic carbocycles. The summed E-state index contributed by atoms with van der Waals surface area (Å²) in [6.45, 7) is 2.95. The molecule has 21 heavy (non-hydrogen) atoms. The number of hydrogen-bond donors (Lipinski definition) is 1. The van der Waals surface area contributed by atoms with E-state index < -0.39 is 5.92 Å². The van der Waals surface area contributed by atoms with Gasteiger partial charge >= 0.3 is 6.03 Å². The number of carbonyl (C=O) groups is 1. The van der Waals surface area contributed by atoms with Gasteiger partial charge in [0, 0.05) is 31.5 Å². The summed E-state index contributed by atoms with van der Waals surface area (Å²) in [7, 11) is 2.13. The van der Waals surface area contributed by atoms with Gasteiger partial charge in [-0.25, -0.2) is 13.6 Å². The molecule has 1 N–H and O–H groups in total. The Morgan fingerprint density at radius 1 is 1.14 bits per heavy atom. The highest BCUT2D eigenvalue weighted by Gasteiger charge is 2.47. The average molecular weight is 301 g/mol. The maximum atomic E-state index is 12.9. The van der Waals surface area contributed by atoms with E-state index in [0.717, 1.165) is 45.3 Å². The molecule has 2 aliphatic heterocycles. The molecule has 0 radical (unpaired) electrons. The van der Waals surface area contributed by atoms with Gasteiger partial charge in [0.2, 0.25) is 0 Å². The highest BCUT2D eigenvalue weighted by Crippen LogP contribution is 2.38. The van der Waals surface area contributed by atoms with Gasteiger partial charge in [0.05, 0.1) is 0 Å². The first-order valence-electron chi connectivity index (χ1n) is 8.08. The van der Waals surface area contributed by atoms with Gasteiger partial charge in [-0.05, 0) is 51.7 Å².